The summed E-state index contributed by atoms with van der Waals surface area (Å²) in [5.41, 5.74) is 1.63. The average Bonchev–Trinajstić information content (AvgIpc) is 3.26. The van der Waals surface area contributed by atoms with Gasteiger partial charge in [0.2, 0.25) is 5.82 Å². The maximum atomic E-state index is 13.4. The van der Waals surface area contributed by atoms with Crippen LogP contribution in [0.1, 0.15) is 5.56 Å². The Kier molecular flexibility index (Phi) is 5.97. The van der Waals surface area contributed by atoms with Crippen LogP contribution in [0.5, 0.6) is 11.5 Å². The Morgan fingerprint density at radius 1 is 1.03 bits per heavy atom. The number of nitrogens with zero attached hydrogens (tertiary/aromatic N) is 3. The highest BCUT2D eigenvalue weighted by Crippen LogP contribution is 2.36. The number of methoxy groups -OCH3 is 2. The van der Waals surface area contributed by atoms with Crippen molar-refractivity contribution >= 4 is 59.9 Å². The number of hydrogen-bond acceptors (Lipinski definition) is 6. The van der Waals surface area contributed by atoms with Crippen LogP contribution in [0.2, 0.25) is 0 Å². The van der Waals surface area contributed by atoms with Crippen molar-refractivity contribution in [2.24, 2.45) is 5.10 Å². The fraction of sp³-hybridized carbons (Fsp3) is 0.0800. The lowest BCUT2D eigenvalue weighted by molar-refractivity contribution is 0.353. The van der Waals surface area contributed by atoms with Gasteiger partial charge in [0.05, 0.1) is 35.8 Å². The fourth-order valence-electron chi connectivity index (χ4n) is 3.65. The molecule has 0 radical (unpaired) electrons. The molecular weight excluding hydrogens is 566 g/mol. The largest absolute Gasteiger partial charge is 0.493 e. The minimum Gasteiger partial charge on any atom is -0.493 e. The van der Waals surface area contributed by atoms with Gasteiger partial charge < -0.3 is 13.9 Å². The van der Waals surface area contributed by atoms with Crippen LogP contribution in [-0.2, 0) is 0 Å². The maximum absolute atomic E-state index is 13.4. The lowest BCUT2D eigenvalue weighted by Crippen LogP contribution is -2.20. The molecule has 7 nitrogen and oxygen atoms in total. The molecule has 0 saturated carbocycles. The lowest BCUT2D eigenvalue weighted by atomic mass is 10.2. The second-order valence-corrected chi connectivity index (χ2v) is 9.12. The minimum atomic E-state index is -0.307. The summed E-state index contributed by atoms with van der Waals surface area (Å²) >= 11 is 6.96. The van der Waals surface area contributed by atoms with Crippen molar-refractivity contribution < 1.29 is 13.9 Å². The van der Waals surface area contributed by atoms with E-state index >= 15 is 0 Å². The topological polar surface area (TPSA) is 78.9 Å². The molecule has 0 N–H and O–H groups in total. The summed E-state index contributed by atoms with van der Waals surface area (Å²) in [5.74, 6) is 1.83. The van der Waals surface area contributed by atoms with Crippen LogP contribution in [0.3, 0.4) is 0 Å². The number of fused-ring (bicyclic) bond motifs is 2. The van der Waals surface area contributed by atoms with Crippen molar-refractivity contribution in [2.45, 2.75) is 0 Å². The summed E-state index contributed by atoms with van der Waals surface area (Å²) < 4.78 is 19.7. The number of aromatic nitrogens is 2. The van der Waals surface area contributed by atoms with Gasteiger partial charge in [-0.1, -0.05) is 28.1 Å². The van der Waals surface area contributed by atoms with E-state index in [1.807, 2.05) is 36.4 Å². The number of benzene rings is 3. The van der Waals surface area contributed by atoms with E-state index in [0.29, 0.717) is 49.6 Å². The summed E-state index contributed by atoms with van der Waals surface area (Å²) in [6.45, 7) is 0. The molecule has 0 bridgehead atoms. The van der Waals surface area contributed by atoms with Crippen molar-refractivity contribution in [1.29, 1.82) is 0 Å². The molecule has 0 fully saturated rings. The molecule has 2 aromatic heterocycles. The molecule has 0 atom stereocenters. The maximum Gasteiger partial charge on any atom is 0.282 e. The van der Waals surface area contributed by atoms with Crippen LogP contribution in [0.4, 0.5) is 0 Å². The van der Waals surface area contributed by atoms with E-state index in [1.165, 1.54) is 4.68 Å². The number of para-hydroxylation sites is 1. The van der Waals surface area contributed by atoms with Crippen molar-refractivity contribution in [3.8, 4) is 23.1 Å². The normalized spacial score (nSPS) is 11.5. The van der Waals surface area contributed by atoms with Gasteiger partial charge in [-0.2, -0.15) is 9.78 Å². The van der Waals surface area contributed by atoms with E-state index in [0.717, 1.165) is 9.86 Å². The Morgan fingerprint density at radius 2 is 1.85 bits per heavy atom. The van der Waals surface area contributed by atoms with Gasteiger partial charge in [0.25, 0.3) is 5.56 Å². The van der Waals surface area contributed by atoms with Gasteiger partial charge in [-0.15, -0.1) is 0 Å². The Morgan fingerprint density at radius 3 is 2.65 bits per heavy atom. The Hall–Kier alpha value is -3.43. The molecular formula is C25H17Br2N3O4. The third kappa shape index (κ3) is 4.01. The Bertz CT molecular complexity index is 1640. The standard InChI is InChI=1S/C25H17Br2N3O4/c1-32-21-10-14(9-18(27)23(21)33-2)13-28-30-24(29-19-6-4-3-5-17(19)25(30)31)22-12-15-11-16(26)7-8-20(15)34-22/h3-13H,1-2H3. The van der Waals surface area contributed by atoms with E-state index in [4.69, 9.17) is 18.9 Å². The molecule has 0 unspecified atom stereocenters. The third-order valence-corrected chi connectivity index (χ3v) is 6.31. The van der Waals surface area contributed by atoms with Crippen LogP contribution in [0, 0.1) is 0 Å². The van der Waals surface area contributed by atoms with Crippen LogP contribution < -0.4 is 15.0 Å². The molecule has 5 aromatic rings. The number of ether oxygens (including phenoxy) is 2. The highest BCUT2D eigenvalue weighted by atomic mass is 79.9. The van der Waals surface area contributed by atoms with Gasteiger partial charge in [-0.25, -0.2) is 4.98 Å². The zero-order valence-electron chi connectivity index (χ0n) is 18.1. The van der Waals surface area contributed by atoms with Crippen molar-refractivity contribution in [3.63, 3.8) is 0 Å². The van der Waals surface area contributed by atoms with Crippen LogP contribution >= 0.6 is 31.9 Å². The summed E-state index contributed by atoms with van der Waals surface area (Å²) in [6.07, 6.45) is 1.56. The van der Waals surface area contributed by atoms with E-state index in [9.17, 15) is 4.79 Å². The van der Waals surface area contributed by atoms with E-state index < -0.39 is 0 Å². The molecule has 2 heterocycles. The second kappa shape index (κ2) is 9.08. The first-order chi connectivity index (χ1) is 16.5. The Labute approximate surface area is 210 Å². The predicted octanol–water partition coefficient (Wildman–Crippen LogP) is 6.23. The van der Waals surface area contributed by atoms with E-state index in [1.54, 1.807) is 44.7 Å². The zero-order chi connectivity index (χ0) is 23.8. The molecule has 0 aliphatic heterocycles. The minimum absolute atomic E-state index is 0.298. The van der Waals surface area contributed by atoms with Gasteiger partial charge in [-0.05, 0) is 70.0 Å². The van der Waals surface area contributed by atoms with Crippen LogP contribution in [0.25, 0.3) is 33.5 Å². The average molecular weight is 583 g/mol. The summed E-state index contributed by atoms with van der Waals surface area (Å²) in [7, 11) is 3.12. The summed E-state index contributed by atoms with van der Waals surface area (Å²) in [4.78, 5) is 18.1. The number of rotatable bonds is 5. The lowest BCUT2D eigenvalue weighted by Gasteiger charge is -2.10. The Balaban J connectivity index is 1.70. The highest BCUT2D eigenvalue weighted by Gasteiger charge is 2.17. The smallest absolute Gasteiger partial charge is 0.282 e. The highest BCUT2D eigenvalue weighted by molar-refractivity contribution is 9.10. The van der Waals surface area contributed by atoms with E-state index in [2.05, 4.69) is 37.0 Å². The number of furan rings is 1. The predicted molar refractivity (Wildman–Crippen MR) is 139 cm³/mol. The van der Waals surface area contributed by atoms with Gasteiger partial charge in [0, 0.05) is 9.86 Å². The molecule has 0 amide bonds. The van der Waals surface area contributed by atoms with Gasteiger partial charge >= 0.3 is 0 Å². The monoisotopic (exact) mass is 581 g/mol. The number of halogens is 2. The van der Waals surface area contributed by atoms with Crippen molar-refractivity contribution in [3.05, 3.63) is 85.5 Å². The van der Waals surface area contributed by atoms with Crippen LogP contribution in [-0.4, -0.2) is 30.1 Å². The first kappa shape index (κ1) is 22.4. The van der Waals surface area contributed by atoms with Gasteiger partial charge in [0.15, 0.2) is 17.3 Å². The molecule has 0 aliphatic rings. The molecule has 5 rings (SSSR count). The molecule has 0 aliphatic carbocycles. The molecule has 3 aromatic carbocycles. The fourth-order valence-corrected chi connectivity index (χ4v) is 4.65. The molecule has 34 heavy (non-hydrogen) atoms. The van der Waals surface area contributed by atoms with Crippen molar-refractivity contribution in [2.75, 3.05) is 14.2 Å². The SMILES string of the molecule is COc1cc(C=Nn2c(-c3cc4cc(Br)ccc4o3)nc3ccccc3c2=O)cc(Br)c1OC. The third-order valence-electron chi connectivity index (χ3n) is 5.23. The first-order valence-electron chi connectivity index (χ1n) is 10.2. The van der Waals surface area contributed by atoms with Gasteiger partial charge in [-0.3, -0.25) is 4.79 Å². The number of hydrogen-bond donors (Lipinski definition) is 0. The van der Waals surface area contributed by atoms with Crippen molar-refractivity contribution in [1.82, 2.24) is 9.66 Å². The van der Waals surface area contributed by atoms with E-state index in [-0.39, 0.29) is 5.56 Å². The quantitative estimate of drug-likeness (QED) is 0.229. The zero-order valence-corrected chi connectivity index (χ0v) is 21.3. The molecule has 0 saturated heterocycles. The first-order valence-corrected chi connectivity index (χ1v) is 11.7. The summed E-state index contributed by atoms with van der Waals surface area (Å²) in [5, 5.41) is 5.83. The second-order valence-electron chi connectivity index (χ2n) is 7.35. The molecule has 0 spiro atoms. The van der Waals surface area contributed by atoms with Gasteiger partial charge in [0.1, 0.15) is 5.58 Å². The summed E-state index contributed by atoms with van der Waals surface area (Å²) in [6, 6.07) is 18.3. The van der Waals surface area contributed by atoms with Crippen LogP contribution in [0.15, 0.2) is 83.9 Å². The molecule has 170 valence electrons. The molecule has 9 heteroatoms.